The summed E-state index contributed by atoms with van der Waals surface area (Å²) in [6, 6.07) is 12.3. The first kappa shape index (κ1) is 57.7. The molecule has 2 N–H and O–H groups in total. The fourth-order valence-corrected chi connectivity index (χ4v) is 7.67. The summed E-state index contributed by atoms with van der Waals surface area (Å²) in [5, 5.41) is 5.93. The van der Waals surface area contributed by atoms with Crippen molar-refractivity contribution in [2.24, 2.45) is 17.3 Å². The van der Waals surface area contributed by atoms with E-state index in [0.717, 1.165) is 17.7 Å². The molecule has 2 aliphatic rings. The summed E-state index contributed by atoms with van der Waals surface area (Å²) in [6.07, 6.45) is 2.66. The highest BCUT2D eigenvalue weighted by atomic mass is 35.5. The minimum atomic E-state index is -1.23. The van der Waals surface area contributed by atoms with Gasteiger partial charge in [-0.1, -0.05) is 81.4 Å². The van der Waals surface area contributed by atoms with Crippen molar-refractivity contribution in [3.05, 3.63) is 89.0 Å². The van der Waals surface area contributed by atoms with Crippen molar-refractivity contribution >= 4 is 41.3 Å². The molecule has 1 fully saturated rings. The van der Waals surface area contributed by atoms with Crippen molar-refractivity contribution in [3.63, 3.8) is 0 Å². The van der Waals surface area contributed by atoms with Crippen LogP contribution in [0, 0.1) is 17.3 Å². The molecule has 2 aliphatic heterocycles. The maximum atomic E-state index is 13.9. The number of epoxide rings is 1. The molecule has 0 spiro atoms. The SMILES string of the molecule is C=CCOC(=O)CCOCCOCCOCCOCCN(C)Cc1ccc([C@H]2O[C@@H]2[C@@H](C)[C@@H]2C/C=C/C(=O)N[C@H](Cc3ccc(OC)c(Cl)c3)C(=O)NCC(C)(C)C(=O)O[C@@H](CC(C)C)C(=O)O2)cc1. The number of carbonyl (C=O) groups is 5. The molecule has 2 amide bonds. The third kappa shape index (κ3) is 20.5. The maximum Gasteiger partial charge on any atom is 0.347 e. The molecule has 0 saturated carbocycles. The molecule has 0 radical (unpaired) electrons. The van der Waals surface area contributed by atoms with Gasteiger partial charge in [0.1, 0.15) is 30.6 Å². The average molecular weight is 1000 g/mol. The van der Waals surface area contributed by atoms with Gasteiger partial charge in [-0.2, -0.15) is 0 Å². The lowest BCUT2D eigenvalue weighted by Gasteiger charge is -2.29. The van der Waals surface area contributed by atoms with Crippen LogP contribution in [0.2, 0.25) is 5.02 Å². The molecule has 0 aliphatic carbocycles. The monoisotopic (exact) mass is 999 g/mol. The number of esters is 3. The Morgan fingerprint density at radius 1 is 0.914 bits per heavy atom. The molecule has 0 bridgehead atoms. The first-order valence-corrected chi connectivity index (χ1v) is 24.4. The number of ether oxygens (including phenoxy) is 9. The van der Waals surface area contributed by atoms with Gasteiger partial charge in [0, 0.05) is 38.4 Å². The van der Waals surface area contributed by atoms with Crippen LogP contribution in [-0.2, 0) is 74.8 Å². The number of carbonyl (C=O) groups excluding carboxylic acids is 5. The number of likely N-dealkylation sites (N-methyl/N-ethyl adjacent to an activating group) is 1. The van der Waals surface area contributed by atoms with Crippen LogP contribution in [0.15, 0.2) is 67.3 Å². The Balaban J connectivity index is 1.28. The van der Waals surface area contributed by atoms with E-state index in [4.69, 9.17) is 54.2 Å². The fraction of sp³-hybridized carbons (Fsp3) is 0.596. The second-order valence-corrected chi connectivity index (χ2v) is 18.9. The van der Waals surface area contributed by atoms with Gasteiger partial charge in [0.05, 0.1) is 82.9 Å². The van der Waals surface area contributed by atoms with Crippen LogP contribution >= 0.6 is 11.6 Å². The summed E-state index contributed by atoms with van der Waals surface area (Å²) in [5.74, 6) is -2.59. The molecular weight excluding hydrogens is 926 g/mol. The van der Waals surface area contributed by atoms with E-state index >= 15 is 0 Å². The van der Waals surface area contributed by atoms with Gasteiger partial charge in [0.2, 0.25) is 11.8 Å². The zero-order valence-corrected chi connectivity index (χ0v) is 42.6. The summed E-state index contributed by atoms with van der Waals surface area (Å²) in [5.41, 5.74) is 1.55. The number of rotatable bonds is 27. The van der Waals surface area contributed by atoms with Crippen molar-refractivity contribution in [2.75, 3.05) is 86.7 Å². The first-order chi connectivity index (χ1) is 33.5. The lowest BCUT2D eigenvalue weighted by Crippen LogP contribution is -2.51. The van der Waals surface area contributed by atoms with Crippen molar-refractivity contribution < 1.29 is 66.6 Å². The van der Waals surface area contributed by atoms with Gasteiger partial charge in [-0.3, -0.25) is 24.1 Å². The van der Waals surface area contributed by atoms with Crippen molar-refractivity contribution in [3.8, 4) is 5.75 Å². The van der Waals surface area contributed by atoms with Crippen molar-refractivity contribution in [2.45, 2.75) is 97.3 Å². The molecule has 2 aromatic rings. The van der Waals surface area contributed by atoms with E-state index in [1.165, 1.54) is 19.3 Å². The maximum absolute atomic E-state index is 13.9. The molecule has 2 aromatic carbocycles. The predicted octanol–water partition coefficient (Wildman–Crippen LogP) is 5.74. The van der Waals surface area contributed by atoms with Gasteiger partial charge in [-0.25, -0.2) is 4.79 Å². The second-order valence-electron chi connectivity index (χ2n) is 18.5. The Kier molecular flexibility index (Phi) is 24.8. The lowest BCUT2D eigenvalue weighted by atomic mass is 9.92. The lowest BCUT2D eigenvalue weighted by molar-refractivity contribution is -0.179. The standard InChI is InChI=1S/C52H74ClN3O14/c1-9-21-67-46(58)19-22-63-24-26-65-28-29-66-27-25-64-23-20-56(7)33-37-13-16-39(17-14-37)48-47(70-48)36(4)42-11-10-12-45(57)55-41(32-38-15-18-43(62-8)40(53)31-38)49(59)54-34-52(5,6)51(61)69-44(30-35(2)3)50(60)68-42/h9-10,12-18,31,35-36,41-42,44,47-48H,1,11,19-30,32-34H2,2-8H3,(H,54,59)(H,55,57)/b12-10+/t36-,41+,42-,44-,47+,48+/m0/s1. The largest absolute Gasteiger partial charge is 0.495 e. The summed E-state index contributed by atoms with van der Waals surface area (Å²) in [4.78, 5) is 68.1. The molecule has 4 rings (SSSR count). The van der Waals surface area contributed by atoms with E-state index < -0.39 is 47.4 Å². The van der Waals surface area contributed by atoms with Crippen LogP contribution in [0.5, 0.6) is 5.75 Å². The number of amides is 2. The van der Waals surface area contributed by atoms with E-state index in [0.29, 0.717) is 69.1 Å². The number of nitrogens with zero attached hydrogens (tertiary/aromatic N) is 1. The summed E-state index contributed by atoms with van der Waals surface area (Å²) >= 11 is 6.37. The van der Waals surface area contributed by atoms with Crippen LogP contribution in [0.3, 0.4) is 0 Å². The Morgan fingerprint density at radius 3 is 2.19 bits per heavy atom. The van der Waals surface area contributed by atoms with E-state index in [1.807, 2.05) is 40.0 Å². The highest BCUT2D eigenvalue weighted by molar-refractivity contribution is 6.32. The van der Waals surface area contributed by atoms with Crippen molar-refractivity contribution in [1.82, 2.24) is 15.5 Å². The number of methoxy groups -OCH3 is 1. The van der Waals surface area contributed by atoms with E-state index in [1.54, 1.807) is 38.1 Å². The molecule has 6 atom stereocenters. The topological polar surface area (TPSA) is 199 Å². The number of halogens is 1. The first-order valence-electron chi connectivity index (χ1n) is 24.0. The van der Waals surface area contributed by atoms with Gasteiger partial charge < -0.3 is 53.3 Å². The highest BCUT2D eigenvalue weighted by Crippen LogP contribution is 2.45. The van der Waals surface area contributed by atoms with Gasteiger partial charge in [0.25, 0.3) is 0 Å². The van der Waals surface area contributed by atoms with E-state index in [2.05, 4.69) is 34.2 Å². The zero-order valence-electron chi connectivity index (χ0n) is 41.9. The Morgan fingerprint density at radius 2 is 1.56 bits per heavy atom. The highest BCUT2D eigenvalue weighted by Gasteiger charge is 2.48. The molecular formula is C52H74ClN3O14. The fourth-order valence-electron chi connectivity index (χ4n) is 7.39. The zero-order chi connectivity index (χ0) is 51.1. The van der Waals surface area contributed by atoms with Gasteiger partial charge in [0.15, 0.2) is 6.10 Å². The van der Waals surface area contributed by atoms with Crippen LogP contribution in [0.25, 0.3) is 0 Å². The smallest absolute Gasteiger partial charge is 0.347 e. The van der Waals surface area contributed by atoms with Crippen LogP contribution < -0.4 is 15.4 Å². The summed E-state index contributed by atoms with van der Waals surface area (Å²) < 4.78 is 50.6. The van der Waals surface area contributed by atoms with Crippen LogP contribution in [0.1, 0.15) is 76.7 Å². The number of nitrogens with one attached hydrogen (secondary N) is 2. The van der Waals surface area contributed by atoms with Crippen LogP contribution in [-0.4, -0.2) is 146 Å². The molecule has 0 unspecified atom stereocenters. The number of hydrogen-bond donors (Lipinski definition) is 2. The summed E-state index contributed by atoms with van der Waals surface area (Å²) in [6.45, 7) is 17.4. The Labute approximate surface area is 418 Å². The minimum Gasteiger partial charge on any atom is -0.495 e. The van der Waals surface area contributed by atoms with E-state index in [9.17, 15) is 24.0 Å². The minimum absolute atomic E-state index is 0.0144. The molecule has 2 heterocycles. The normalized spacial score (nSPS) is 21.8. The third-order valence-electron chi connectivity index (χ3n) is 11.6. The molecule has 0 aromatic heterocycles. The van der Waals surface area contributed by atoms with Crippen molar-refractivity contribution in [1.29, 1.82) is 0 Å². The average Bonchev–Trinajstić information content (AvgIpc) is 4.13. The predicted molar refractivity (Wildman–Crippen MR) is 262 cm³/mol. The molecule has 388 valence electrons. The molecule has 17 nitrogen and oxygen atoms in total. The van der Waals surface area contributed by atoms with E-state index in [-0.39, 0.29) is 75.5 Å². The Hall–Kier alpha value is -4.88. The number of benzene rings is 2. The Bertz CT molecular complexity index is 2010. The third-order valence-corrected chi connectivity index (χ3v) is 11.9. The molecule has 70 heavy (non-hydrogen) atoms. The number of hydrogen-bond acceptors (Lipinski definition) is 15. The van der Waals surface area contributed by atoms with Crippen LogP contribution in [0.4, 0.5) is 0 Å². The van der Waals surface area contributed by atoms with Gasteiger partial charge in [-0.05, 0) is 68.1 Å². The number of cyclic esters (lactones) is 2. The molecule has 18 heteroatoms. The quantitative estimate of drug-likeness (QED) is 0.0361. The molecule has 1 saturated heterocycles. The van der Waals surface area contributed by atoms with Gasteiger partial charge in [-0.15, -0.1) is 0 Å². The van der Waals surface area contributed by atoms with Gasteiger partial charge >= 0.3 is 17.9 Å². The second kappa shape index (κ2) is 30.1. The summed E-state index contributed by atoms with van der Waals surface area (Å²) in [7, 11) is 3.53.